The molecule has 2 aromatic rings. The number of hydrogen-bond acceptors (Lipinski definition) is 3. The van der Waals surface area contributed by atoms with E-state index in [0.717, 1.165) is 12.8 Å². The highest BCUT2D eigenvalue weighted by molar-refractivity contribution is 5.53. The Bertz CT molecular complexity index is 794. The van der Waals surface area contributed by atoms with Crippen molar-refractivity contribution in [3.63, 3.8) is 0 Å². The van der Waals surface area contributed by atoms with Crippen LogP contribution in [0, 0.1) is 17.1 Å². The summed E-state index contributed by atoms with van der Waals surface area (Å²) in [5, 5.41) is 8.89. The molecule has 1 aliphatic heterocycles. The molecule has 1 aliphatic carbocycles. The fraction of sp³-hybridized carbons (Fsp3) is 0.316. The van der Waals surface area contributed by atoms with Crippen molar-refractivity contribution in [2.24, 2.45) is 0 Å². The molecule has 0 amide bonds. The Labute approximate surface area is 134 Å². The molecule has 0 saturated carbocycles. The highest BCUT2D eigenvalue weighted by atomic mass is 19.1. The van der Waals surface area contributed by atoms with Crippen LogP contribution in [0.4, 0.5) is 10.1 Å². The molecular formula is C19H17FN2O. The number of hydrogen-bond donors (Lipinski definition) is 0. The maximum atomic E-state index is 14.4. The second-order valence-electron chi connectivity index (χ2n) is 6.20. The molecule has 23 heavy (non-hydrogen) atoms. The van der Waals surface area contributed by atoms with E-state index in [1.807, 2.05) is 17.0 Å². The molecule has 0 bridgehead atoms. The number of benzene rings is 2. The Morgan fingerprint density at radius 1 is 1.22 bits per heavy atom. The lowest BCUT2D eigenvalue weighted by Crippen LogP contribution is -2.49. The van der Waals surface area contributed by atoms with E-state index in [4.69, 9.17) is 10.00 Å². The van der Waals surface area contributed by atoms with E-state index in [-0.39, 0.29) is 11.4 Å². The van der Waals surface area contributed by atoms with Crippen LogP contribution in [0.3, 0.4) is 0 Å². The van der Waals surface area contributed by atoms with Crippen LogP contribution in [-0.2, 0) is 16.8 Å². The first-order chi connectivity index (χ1) is 11.2. The number of morpholine rings is 1. The first kappa shape index (κ1) is 14.2. The molecule has 1 atom stereocenters. The molecule has 1 saturated heterocycles. The monoisotopic (exact) mass is 308 g/mol. The molecule has 1 unspecified atom stereocenters. The van der Waals surface area contributed by atoms with Gasteiger partial charge in [-0.05, 0) is 42.2 Å². The molecule has 4 heteroatoms. The Morgan fingerprint density at radius 2 is 2.09 bits per heavy atom. The summed E-state index contributed by atoms with van der Waals surface area (Å²) in [5.74, 6) is -0.340. The van der Waals surface area contributed by atoms with E-state index in [1.165, 1.54) is 17.2 Å². The zero-order valence-corrected chi connectivity index (χ0v) is 12.8. The second kappa shape index (κ2) is 5.36. The van der Waals surface area contributed by atoms with Crippen LogP contribution in [-0.4, -0.2) is 19.7 Å². The van der Waals surface area contributed by atoms with Crippen LogP contribution in [0.2, 0.25) is 0 Å². The first-order valence-corrected chi connectivity index (χ1v) is 7.89. The normalized spacial score (nSPS) is 22.9. The van der Waals surface area contributed by atoms with Crippen molar-refractivity contribution in [2.45, 2.75) is 18.4 Å². The summed E-state index contributed by atoms with van der Waals surface area (Å²) in [5.41, 5.74) is 3.12. The molecule has 2 aromatic carbocycles. The summed E-state index contributed by atoms with van der Waals surface area (Å²) in [6.45, 7) is 1.88. The molecule has 116 valence electrons. The second-order valence-corrected chi connectivity index (χ2v) is 6.20. The largest absolute Gasteiger partial charge is 0.367 e. The number of fused-ring (bicyclic) bond motifs is 2. The van der Waals surface area contributed by atoms with Gasteiger partial charge in [-0.1, -0.05) is 24.3 Å². The lowest BCUT2D eigenvalue weighted by atomic mass is 9.93. The third-order valence-electron chi connectivity index (χ3n) is 4.91. The maximum Gasteiger partial charge on any atom is 0.147 e. The topological polar surface area (TPSA) is 36.3 Å². The lowest BCUT2D eigenvalue weighted by Gasteiger charge is -2.42. The van der Waals surface area contributed by atoms with Crippen molar-refractivity contribution in [3.8, 4) is 6.07 Å². The Balaban J connectivity index is 1.68. The van der Waals surface area contributed by atoms with Gasteiger partial charge in [0.25, 0.3) is 0 Å². The molecule has 1 heterocycles. The number of nitriles is 1. The highest BCUT2D eigenvalue weighted by Gasteiger charge is 2.43. The highest BCUT2D eigenvalue weighted by Crippen LogP contribution is 2.43. The number of aryl methyl sites for hydroxylation is 1. The van der Waals surface area contributed by atoms with Gasteiger partial charge >= 0.3 is 0 Å². The third kappa shape index (κ3) is 2.29. The summed E-state index contributed by atoms with van der Waals surface area (Å²) < 4.78 is 20.5. The van der Waals surface area contributed by atoms with Crippen molar-refractivity contribution < 1.29 is 9.13 Å². The van der Waals surface area contributed by atoms with Gasteiger partial charge in [-0.25, -0.2) is 4.39 Å². The van der Waals surface area contributed by atoms with Gasteiger partial charge in [0.05, 0.1) is 30.5 Å². The molecule has 0 radical (unpaired) electrons. The molecule has 2 aliphatic rings. The Morgan fingerprint density at radius 3 is 2.91 bits per heavy atom. The van der Waals surface area contributed by atoms with Gasteiger partial charge in [0.2, 0.25) is 0 Å². The van der Waals surface area contributed by atoms with Gasteiger partial charge in [-0.2, -0.15) is 5.26 Å². The third-order valence-corrected chi connectivity index (χ3v) is 4.91. The number of anilines is 1. The van der Waals surface area contributed by atoms with Crippen molar-refractivity contribution in [2.75, 3.05) is 24.6 Å². The average molecular weight is 308 g/mol. The van der Waals surface area contributed by atoms with Gasteiger partial charge in [0.1, 0.15) is 11.4 Å². The molecular weight excluding hydrogens is 291 g/mol. The van der Waals surface area contributed by atoms with Gasteiger partial charge in [0.15, 0.2) is 0 Å². The van der Waals surface area contributed by atoms with Crippen LogP contribution < -0.4 is 4.90 Å². The Hall–Kier alpha value is -2.38. The smallest absolute Gasteiger partial charge is 0.147 e. The van der Waals surface area contributed by atoms with Gasteiger partial charge in [-0.15, -0.1) is 0 Å². The minimum absolute atomic E-state index is 0.338. The zero-order valence-electron chi connectivity index (χ0n) is 12.8. The fourth-order valence-corrected chi connectivity index (χ4v) is 3.79. The summed E-state index contributed by atoms with van der Waals surface area (Å²) in [6, 6.07) is 15.0. The van der Waals surface area contributed by atoms with E-state index >= 15 is 0 Å². The van der Waals surface area contributed by atoms with Crippen molar-refractivity contribution in [1.29, 1.82) is 5.26 Å². The van der Waals surface area contributed by atoms with Crippen LogP contribution >= 0.6 is 0 Å². The number of halogens is 1. The molecule has 0 N–H and O–H groups in total. The minimum Gasteiger partial charge on any atom is -0.367 e. The number of rotatable bonds is 1. The number of nitrogens with zero attached hydrogens (tertiary/aromatic N) is 2. The predicted molar refractivity (Wildman–Crippen MR) is 85.7 cm³/mol. The average Bonchev–Trinajstić information content (AvgIpc) is 2.93. The minimum atomic E-state index is -0.340. The van der Waals surface area contributed by atoms with Crippen molar-refractivity contribution in [1.82, 2.24) is 0 Å². The summed E-state index contributed by atoms with van der Waals surface area (Å²) in [6.07, 6.45) is 1.93. The molecule has 1 spiro atoms. The van der Waals surface area contributed by atoms with Crippen molar-refractivity contribution in [3.05, 3.63) is 65.0 Å². The van der Waals surface area contributed by atoms with E-state index in [2.05, 4.69) is 18.2 Å². The Kier molecular flexibility index (Phi) is 3.32. The predicted octanol–water partition coefficient (Wildman–Crippen LogP) is 3.38. The van der Waals surface area contributed by atoms with Gasteiger partial charge < -0.3 is 9.64 Å². The van der Waals surface area contributed by atoms with E-state index in [0.29, 0.717) is 30.9 Å². The summed E-state index contributed by atoms with van der Waals surface area (Å²) >= 11 is 0. The summed E-state index contributed by atoms with van der Waals surface area (Å²) in [4.78, 5) is 2.04. The molecule has 1 fully saturated rings. The number of ether oxygens (including phenoxy) is 1. The van der Waals surface area contributed by atoms with Crippen molar-refractivity contribution >= 4 is 5.69 Å². The first-order valence-electron chi connectivity index (χ1n) is 7.89. The van der Waals surface area contributed by atoms with Crippen LogP contribution in [0.1, 0.15) is 23.1 Å². The zero-order chi connectivity index (χ0) is 15.9. The molecule has 3 nitrogen and oxygen atoms in total. The summed E-state index contributed by atoms with van der Waals surface area (Å²) in [7, 11) is 0. The lowest BCUT2D eigenvalue weighted by molar-refractivity contribution is -0.0593. The SMILES string of the molecule is N#Cc1ccc(N2CCOC3(CCc4ccccc43)C2)c(F)c1. The molecule has 0 aromatic heterocycles. The molecule has 4 rings (SSSR count). The van der Waals surface area contributed by atoms with Gasteiger partial charge in [0, 0.05) is 6.54 Å². The van der Waals surface area contributed by atoms with E-state index < -0.39 is 0 Å². The van der Waals surface area contributed by atoms with Crippen LogP contribution in [0.15, 0.2) is 42.5 Å². The van der Waals surface area contributed by atoms with Crippen LogP contribution in [0.5, 0.6) is 0 Å². The van der Waals surface area contributed by atoms with E-state index in [9.17, 15) is 4.39 Å². The van der Waals surface area contributed by atoms with Gasteiger partial charge in [-0.3, -0.25) is 0 Å². The standard InChI is InChI=1S/C19H17FN2O/c20-17-11-14(12-21)5-6-18(17)22-9-10-23-19(13-22)8-7-15-3-1-2-4-16(15)19/h1-6,11H,7-10,13H2. The fourth-order valence-electron chi connectivity index (χ4n) is 3.79. The van der Waals surface area contributed by atoms with Crippen LogP contribution in [0.25, 0.3) is 0 Å². The maximum absolute atomic E-state index is 14.4. The quantitative estimate of drug-likeness (QED) is 0.810. The van der Waals surface area contributed by atoms with E-state index in [1.54, 1.807) is 12.1 Å².